The maximum atomic E-state index is 12.4. The van der Waals surface area contributed by atoms with Crippen molar-refractivity contribution in [1.29, 1.82) is 0 Å². The van der Waals surface area contributed by atoms with Crippen molar-refractivity contribution >= 4 is 22.9 Å². The monoisotopic (exact) mass is 328 g/mol. The van der Waals surface area contributed by atoms with E-state index < -0.39 is 0 Å². The van der Waals surface area contributed by atoms with Gasteiger partial charge in [0.1, 0.15) is 0 Å². The fourth-order valence-corrected chi connectivity index (χ4v) is 3.52. The lowest BCUT2D eigenvalue weighted by Gasteiger charge is -2.33. The largest absolute Gasteiger partial charge is 0.354 e. The highest BCUT2D eigenvalue weighted by Gasteiger charge is 2.28. The minimum absolute atomic E-state index is 0.0519. The first-order valence-corrected chi connectivity index (χ1v) is 9.10. The average molecular weight is 328 g/mol. The van der Waals surface area contributed by atoms with Gasteiger partial charge in [-0.1, -0.05) is 19.1 Å². The molecule has 2 heterocycles. The molecule has 1 saturated heterocycles. The Labute approximate surface area is 144 Å². The Morgan fingerprint density at radius 2 is 2.17 bits per heavy atom. The van der Waals surface area contributed by atoms with Crippen LogP contribution in [0.3, 0.4) is 0 Å². The number of anilines is 1. The normalized spacial score (nSPS) is 18.3. The van der Waals surface area contributed by atoms with E-state index >= 15 is 0 Å². The number of aromatic nitrogens is 2. The number of benzene rings is 1. The van der Waals surface area contributed by atoms with Gasteiger partial charge in [0.05, 0.1) is 17.0 Å². The van der Waals surface area contributed by atoms with Crippen molar-refractivity contribution in [3.63, 3.8) is 0 Å². The van der Waals surface area contributed by atoms with Gasteiger partial charge in [-0.3, -0.25) is 4.79 Å². The van der Waals surface area contributed by atoms with E-state index in [9.17, 15) is 4.79 Å². The lowest BCUT2D eigenvalue weighted by Crippen LogP contribution is -2.45. The number of nitrogens with zero attached hydrogens (tertiary/aromatic N) is 3. The summed E-state index contributed by atoms with van der Waals surface area (Å²) in [6.45, 7) is 8.89. The van der Waals surface area contributed by atoms with E-state index in [4.69, 9.17) is 4.98 Å². The van der Waals surface area contributed by atoms with Gasteiger partial charge in [0.2, 0.25) is 11.9 Å². The summed E-state index contributed by atoms with van der Waals surface area (Å²) in [5, 5.41) is 3.06. The minimum Gasteiger partial charge on any atom is -0.354 e. The van der Waals surface area contributed by atoms with Crippen LogP contribution in [0.4, 0.5) is 5.95 Å². The molecular formula is C19H28N4O. The van der Waals surface area contributed by atoms with Gasteiger partial charge in [-0.25, -0.2) is 4.98 Å². The quantitative estimate of drug-likeness (QED) is 0.917. The number of aryl methyl sites for hydroxylation is 1. The molecule has 1 N–H and O–H groups in total. The standard InChI is InChI=1S/C19H28N4O/c1-4-11-23-17-10-6-5-9-16(17)21-19(23)22-12-7-8-15(13-22)18(24)20-14(2)3/h5-6,9-10,14-15H,4,7-8,11-13H2,1-3H3,(H,20,24)/t15-/m1/s1. The summed E-state index contributed by atoms with van der Waals surface area (Å²) >= 11 is 0. The summed E-state index contributed by atoms with van der Waals surface area (Å²) in [6, 6.07) is 8.49. The number of carbonyl (C=O) groups excluding carboxylic acids is 1. The highest BCUT2D eigenvalue weighted by atomic mass is 16.2. The molecule has 0 bridgehead atoms. The summed E-state index contributed by atoms with van der Waals surface area (Å²) in [5.74, 6) is 1.24. The molecule has 1 fully saturated rings. The molecule has 3 rings (SSSR count). The highest BCUT2D eigenvalue weighted by Crippen LogP contribution is 2.27. The summed E-state index contributed by atoms with van der Waals surface area (Å²) in [4.78, 5) is 19.6. The maximum Gasteiger partial charge on any atom is 0.225 e. The van der Waals surface area contributed by atoms with Crippen LogP contribution in [0.15, 0.2) is 24.3 Å². The van der Waals surface area contributed by atoms with Crippen LogP contribution in [0.1, 0.15) is 40.0 Å². The molecule has 1 aromatic carbocycles. The lowest BCUT2D eigenvalue weighted by atomic mass is 9.97. The van der Waals surface area contributed by atoms with Crippen molar-refractivity contribution in [2.75, 3.05) is 18.0 Å². The van der Waals surface area contributed by atoms with Crippen LogP contribution < -0.4 is 10.2 Å². The molecule has 2 aromatic rings. The van der Waals surface area contributed by atoms with Gasteiger partial charge in [-0.15, -0.1) is 0 Å². The number of carbonyl (C=O) groups is 1. The molecule has 5 nitrogen and oxygen atoms in total. The molecule has 1 amide bonds. The van der Waals surface area contributed by atoms with Gasteiger partial charge in [0.15, 0.2) is 0 Å². The van der Waals surface area contributed by atoms with Crippen LogP contribution in [-0.2, 0) is 11.3 Å². The summed E-state index contributed by atoms with van der Waals surface area (Å²) in [5.41, 5.74) is 2.22. The molecule has 0 radical (unpaired) electrons. The minimum atomic E-state index is 0.0519. The third-order valence-electron chi connectivity index (χ3n) is 4.59. The molecule has 5 heteroatoms. The van der Waals surface area contributed by atoms with E-state index in [1.807, 2.05) is 19.9 Å². The van der Waals surface area contributed by atoms with Crippen LogP contribution in [0.2, 0.25) is 0 Å². The average Bonchev–Trinajstić information content (AvgIpc) is 2.94. The van der Waals surface area contributed by atoms with Gasteiger partial charge in [0.25, 0.3) is 0 Å². The molecule has 1 atom stereocenters. The van der Waals surface area contributed by atoms with E-state index in [0.29, 0.717) is 0 Å². The molecule has 0 unspecified atom stereocenters. The highest BCUT2D eigenvalue weighted by molar-refractivity contribution is 5.81. The summed E-state index contributed by atoms with van der Waals surface area (Å²) < 4.78 is 2.30. The fourth-order valence-electron chi connectivity index (χ4n) is 3.52. The number of imidazole rings is 1. The number of hydrogen-bond acceptors (Lipinski definition) is 3. The fraction of sp³-hybridized carbons (Fsp3) is 0.579. The first-order chi connectivity index (χ1) is 11.6. The number of para-hydroxylation sites is 2. The lowest BCUT2D eigenvalue weighted by molar-refractivity contribution is -0.125. The molecule has 1 aliphatic heterocycles. The van der Waals surface area contributed by atoms with E-state index in [0.717, 1.165) is 50.4 Å². The Hall–Kier alpha value is -2.04. The maximum absolute atomic E-state index is 12.4. The number of amides is 1. The van der Waals surface area contributed by atoms with E-state index in [1.165, 1.54) is 5.52 Å². The molecule has 130 valence electrons. The first-order valence-electron chi connectivity index (χ1n) is 9.10. The molecule has 0 spiro atoms. The number of nitrogens with one attached hydrogen (secondary N) is 1. The second-order valence-corrected chi connectivity index (χ2v) is 7.00. The molecule has 1 aromatic heterocycles. The predicted octanol–water partition coefficient (Wildman–Crippen LogP) is 3.19. The van der Waals surface area contributed by atoms with Crippen molar-refractivity contribution in [2.24, 2.45) is 5.92 Å². The van der Waals surface area contributed by atoms with Crippen molar-refractivity contribution in [1.82, 2.24) is 14.9 Å². The summed E-state index contributed by atoms with van der Waals surface area (Å²) in [6.07, 6.45) is 3.06. The number of rotatable bonds is 5. The molecule has 24 heavy (non-hydrogen) atoms. The third kappa shape index (κ3) is 3.40. The zero-order valence-electron chi connectivity index (χ0n) is 15.0. The van der Waals surface area contributed by atoms with Gasteiger partial charge >= 0.3 is 0 Å². The van der Waals surface area contributed by atoms with Crippen LogP contribution in [-0.4, -0.2) is 34.6 Å². The van der Waals surface area contributed by atoms with E-state index in [2.05, 4.69) is 39.9 Å². The zero-order valence-corrected chi connectivity index (χ0v) is 15.0. The first kappa shape index (κ1) is 16.8. The number of fused-ring (bicyclic) bond motifs is 1. The van der Waals surface area contributed by atoms with Crippen LogP contribution >= 0.6 is 0 Å². The van der Waals surface area contributed by atoms with Crippen molar-refractivity contribution in [3.8, 4) is 0 Å². The zero-order chi connectivity index (χ0) is 17.1. The Morgan fingerprint density at radius 1 is 1.38 bits per heavy atom. The number of hydrogen-bond donors (Lipinski definition) is 1. The van der Waals surface area contributed by atoms with Crippen LogP contribution in [0, 0.1) is 5.92 Å². The molecule has 0 saturated carbocycles. The molecule has 1 aliphatic rings. The second kappa shape index (κ2) is 7.24. The Bertz CT molecular complexity index is 706. The van der Waals surface area contributed by atoms with Crippen LogP contribution in [0.25, 0.3) is 11.0 Å². The Morgan fingerprint density at radius 3 is 2.92 bits per heavy atom. The van der Waals surface area contributed by atoms with Crippen molar-refractivity contribution < 1.29 is 4.79 Å². The van der Waals surface area contributed by atoms with Gasteiger partial charge in [0, 0.05) is 25.7 Å². The predicted molar refractivity (Wildman–Crippen MR) is 98.2 cm³/mol. The third-order valence-corrected chi connectivity index (χ3v) is 4.59. The van der Waals surface area contributed by atoms with Crippen LogP contribution in [0.5, 0.6) is 0 Å². The molecule has 0 aliphatic carbocycles. The van der Waals surface area contributed by atoms with Crippen molar-refractivity contribution in [3.05, 3.63) is 24.3 Å². The smallest absolute Gasteiger partial charge is 0.225 e. The second-order valence-electron chi connectivity index (χ2n) is 7.00. The Balaban J connectivity index is 1.86. The molecular weight excluding hydrogens is 300 g/mol. The Kier molecular flexibility index (Phi) is 5.07. The van der Waals surface area contributed by atoms with E-state index in [-0.39, 0.29) is 17.9 Å². The number of piperidine rings is 1. The SMILES string of the molecule is CCCn1c(N2CCC[C@@H](C(=O)NC(C)C)C2)nc2ccccc21. The van der Waals surface area contributed by atoms with Gasteiger partial charge in [-0.2, -0.15) is 0 Å². The van der Waals surface area contributed by atoms with E-state index in [1.54, 1.807) is 0 Å². The summed E-state index contributed by atoms with van der Waals surface area (Å²) in [7, 11) is 0. The van der Waals surface area contributed by atoms with Crippen molar-refractivity contribution in [2.45, 2.75) is 52.6 Å². The van der Waals surface area contributed by atoms with Gasteiger partial charge in [-0.05, 0) is 45.2 Å². The topological polar surface area (TPSA) is 50.2 Å². The van der Waals surface area contributed by atoms with Gasteiger partial charge < -0.3 is 14.8 Å².